The van der Waals surface area contributed by atoms with Crippen LogP contribution in [0.4, 0.5) is 0 Å². The Kier molecular flexibility index (Phi) is 2.83. The molecule has 3 heterocycles. The van der Waals surface area contributed by atoms with E-state index in [-0.39, 0.29) is 0 Å². The maximum absolute atomic E-state index is 6.26. The Bertz CT molecular complexity index is 1180. The Morgan fingerprint density at radius 2 is 1.89 bits per heavy atom. The molecule has 2 aliphatic heterocycles. The molecule has 1 unspecified atom stereocenters. The van der Waals surface area contributed by atoms with E-state index in [0.717, 1.165) is 22.5 Å². The summed E-state index contributed by atoms with van der Waals surface area (Å²) >= 11 is 0. The molecule has 1 spiro atoms. The predicted octanol–water partition coefficient (Wildman–Crippen LogP) is 2.95. The molecule has 27 heavy (non-hydrogen) atoms. The zero-order valence-corrected chi connectivity index (χ0v) is 14.6. The molecule has 0 fully saturated rings. The highest BCUT2D eigenvalue weighted by molar-refractivity contribution is 6.32. The fourth-order valence-electron chi connectivity index (χ4n) is 4.84. The summed E-state index contributed by atoms with van der Waals surface area (Å²) in [6.07, 6.45) is 7.67. The maximum atomic E-state index is 6.26. The van der Waals surface area contributed by atoms with Gasteiger partial charge in [-0.05, 0) is 34.4 Å². The molecule has 4 heteroatoms. The lowest BCUT2D eigenvalue weighted by molar-refractivity contribution is 0.389. The van der Waals surface area contributed by atoms with E-state index in [4.69, 9.17) is 12.6 Å². The van der Waals surface area contributed by atoms with Gasteiger partial charge in [0.2, 0.25) is 0 Å². The van der Waals surface area contributed by atoms with Gasteiger partial charge in [0.25, 0.3) is 0 Å². The molecule has 0 bridgehead atoms. The quantitative estimate of drug-likeness (QED) is 0.636. The van der Waals surface area contributed by atoms with Crippen LogP contribution in [0.2, 0.25) is 0 Å². The maximum Gasteiger partial charge on any atom is 0.135 e. The molecule has 3 aromatic rings. The zero-order valence-electron chi connectivity index (χ0n) is 14.6. The van der Waals surface area contributed by atoms with Gasteiger partial charge in [0, 0.05) is 36.3 Å². The normalized spacial score (nSPS) is 21.0. The number of allylic oxidation sites excluding steroid dienone is 1. The topological polar surface area (TPSA) is 34.1 Å². The number of ether oxygens (including phenoxy) is 1. The smallest absolute Gasteiger partial charge is 0.135 e. The number of hydrogen-bond acceptors (Lipinski definition) is 3. The van der Waals surface area contributed by atoms with Gasteiger partial charge >= 0.3 is 0 Å². The molecule has 126 valence electrons. The minimum Gasteiger partial charge on any atom is -0.457 e. The number of hydrogen-bond donors (Lipinski definition) is 1. The van der Waals surface area contributed by atoms with E-state index >= 15 is 0 Å². The summed E-state index contributed by atoms with van der Waals surface area (Å²) in [6.45, 7) is 0.711. The third kappa shape index (κ3) is 1.75. The van der Waals surface area contributed by atoms with Crippen molar-refractivity contribution in [1.82, 2.24) is 10.3 Å². The van der Waals surface area contributed by atoms with E-state index in [2.05, 4.69) is 46.7 Å². The third-order valence-electron chi connectivity index (χ3n) is 5.86. The summed E-state index contributed by atoms with van der Waals surface area (Å²) in [5.41, 5.74) is 7.50. The Labute approximate surface area is 158 Å². The molecule has 1 atom stereocenters. The number of aromatic nitrogens is 1. The van der Waals surface area contributed by atoms with Gasteiger partial charge in [0.1, 0.15) is 19.4 Å². The summed E-state index contributed by atoms with van der Waals surface area (Å²) in [5.74, 6) is 1.75. The van der Waals surface area contributed by atoms with Crippen LogP contribution in [0.15, 0.2) is 84.5 Å². The van der Waals surface area contributed by atoms with Crippen LogP contribution in [0.3, 0.4) is 0 Å². The van der Waals surface area contributed by atoms with Crippen LogP contribution in [0.25, 0.3) is 11.1 Å². The van der Waals surface area contributed by atoms with Gasteiger partial charge in [0.15, 0.2) is 0 Å². The van der Waals surface area contributed by atoms with Crippen molar-refractivity contribution in [1.29, 1.82) is 0 Å². The SMILES string of the molecule is [B]c1ccc2c(c1)C1(C3=C(C=CNC3)Oc3ccncc31)c1ccccc1-2. The molecule has 1 aliphatic carbocycles. The molecule has 1 N–H and O–H groups in total. The lowest BCUT2D eigenvalue weighted by Crippen LogP contribution is -2.40. The standard InChI is InChI=1S/C23H15BN2O/c24-14-5-6-16-15-3-1-2-4-17(15)23(18(16)11-14)19-12-25-9-7-21(19)27-22-8-10-26-13-20(22)23/h1-12,26H,13H2. The lowest BCUT2D eigenvalue weighted by atomic mass is 9.65. The first-order valence-electron chi connectivity index (χ1n) is 9.06. The second-order valence-corrected chi connectivity index (χ2v) is 7.13. The lowest BCUT2D eigenvalue weighted by Gasteiger charge is -2.41. The van der Waals surface area contributed by atoms with Crippen molar-refractivity contribution in [3.63, 3.8) is 0 Å². The monoisotopic (exact) mass is 346 g/mol. The third-order valence-corrected chi connectivity index (χ3v) is 5.86. The van der Waals surface area contributed by atoms with Gasteiger partial charge in [-0.15, -0.1) is 0 Å². The Morgan fingerprint density at radius 3 is 2.85 bits per heavy atom. The number of pyridine rings is 1. The molecular formula is C23H15BN2O. The Morgan fingerprint density at radius 1 is 1.00 bits per heavy atom. The van der Waals surface area contributed by atoms with Crippen LogP contribution in [0.1, 0.15) is 16.7 Å². The van der Waals surface area contributed by atoms with Crippen molar-refractivity contribution in [3.8, 4) is 16.9 Å². The Hall–Kier alpha value is -3.27. The second-order valence-electron chi connectivity index (χ2n) is 7.13. The molecule has 2 aromatic carbocycles. The van der Waals surface area contributed by atoms with Crippen LogP contribution < -0.4 is 15.5 Å². The minimum atomic E-state index is -0.448. The predicted molar refractivity (Wildman–Crippen MR) is 106 cm³/mol. The first-order chi connectivity index (χ1) is 13.3. The first-order valence-corrected chi connectivity index (χ1v) is 9.06. The number of nitrogens with one attached hydrogen (secondary N) is 1. The van der Waals surface area contributed by atoms with Gasteiger partial charge in [-0.3, -0.25) is 4.98 Å². The Balaban J connectivity index is 1.84. The van der Waals surface area contributed by atoms with Crippen LogP contribution in [-0.4, -0.2) is 19.4 Å². The second kappa shape index (κ2) is 5.13. The molecule has 2 radical (unpaired) electrons. The van der Waals surface area contributed by atoms with E-state index < -0.39 is 5.41 Å². The highest BCUT2D eigenvalue weighted by Gasteiger charge is 2.52. The van der Waals surface area contributed by atoms with Crippen LogP contribution >= 0.6 is 0 Å². The van der Waals surface area contributed by atoms with Crippen molar-refractivity contribution < 1.29 is 4.74 Å². The molecule has 3 aliphatic rings. The van der Waals surface area contributed by atoms with Crippen molar-refractivity contribution in [2.75, 3.05) is 6.54 Å². The summed E-state index contributed by atoms with van der Waals surface area (Å²) in [7, 11) is 6.25. The average Bonchev–Trinajstić information content (AvgIpc) is 2.99. The van der Waals surface area contributed by atoms with Crippen molar-refractivity contribution in [2.24, 2.45) is 0 Å². The van der Waals surface area contributed by atoms with Gasteiger partial charge in [-0.2, -0.15) is 0 Å². The highest BCUT2D eigenvalue weighted by Crippen LogP contribution is 2.60. The number of fused-ring (bicyclic) bond motifs is 8. The van der Waals surface area contributed by atoms with Gasteiger partial charge < -0.3 is 10.1 Å². The highest BCUT2D eigenvalue weighted by atomic mass is 16.5. The fourth-order valence-corrected chi connectivity index (χ4v) is 4.84. The van der Waals surface area contributed by atoms with Crippen molar-refractivity contribution in [2.45, 2.75) is 5.41 Å². The van der Waals surface area contributed by atoms with Gasteiger partial charge in [0.05, 0.1) is 5.41 Å². The van der Waals surface area contributed by atoms with Crippen molar-refractivity contribution >= 4 is 13.3 Å². The van der Waals surface area contributed by atoms with E-state index in [9.17, 15) is 0 Å². The van der Waals surface area contributed by atoms with Gasteiger partial charge in [-0.1, -0.05) is 47.9 Å². The molecule has 0 amide bonds. The molecular weight excluding hydrogens is 331 g/mol. The number of rotatable bonds is 0. The van der Waals surface area contributed by atoms with Crippen LogP contribution in [-0.2, 0) is 5.41 Å². The van der Waals surface area contributed by atoms with Crippen molar-refractivity contribution in [3.05, 3.63) is 101 Å². The number of nitrogens with zero attached hydrogens (tertiary/aromatic N) is 1. The largest absolute Gasteiger partial charge is 0.457 e. The summed E-state index contributed by atoms with van der Waals surface area (Å²) in [4.78, 5) is 4.45. The molecule has 0 saturated heterocycles. The van der Waals surface area contributed by atoms with E-state index in [0.29, 0.717) is 6.54 Å². The first kappa shape index (κ1) is 14.9. The van der Waals surface area contributed by atoms with Gasteiger partial charge in [-0.25, -0.2) is 0 Å². The van der Waals surface area contributed by atoms with E-state index in [1.165, 1.54) is 27.8 Å². The fraction of sp³-hybridized carbons (Fsp3) is 0.0870. The number of benzene rings is 2. The summed E-state index contributed by atoms with van der Waals surface area (Å²) < 4.78 is 6.26. The zero-order chi connectivity index (χ0) is 18.0. The molecule has 3 nitrogen and oxygen atoms in total. The van der Waals surface area contributed by atoms with E-state index in [1.807, 2.05) is 30.6 Å². The molecule has 1 aromatic heterocycles. The number of dihydropyridines is 1. The summed E-state index contributed by atoms with van der Waals surface area (Å²) in [5, 5.41) is 3.37. The van der Waals surface area contributed by atoms with Crippen LogP contribution in [0, 0.1) is 0 Å². The average molecular weight is 346 g/mol. The molecule has 6 rings (SSSR count). The van der Waals surface area contributed by atoms with E-state index in [1.54, 1.807) is 6.20 Å². The summed E-state index contributed by atoms with van der Waals surface area (Å²) in [6, 6.07) is 16.8. The van der Waals surface area contributed by atoms with Crippen LogP contribution in [0.5, 0.6) is 5.75 Å². The molecule has 0 saturated carbocycles. The minimum absolute atomic E-state index is 0.448.